The number of methoxy groups -OCH3 is 1. The molecule has 18 heavy (non-hydrogen) atoms. The smallest absolute Gasteiger partial charge is 0.413 e. The minimum absolute atomic E-state index is 0.307. The van der Waals surface area contributed by atoms with Crippen LogP contribution in [0, 0.1) is 0 Å². The topological polar surface area (TPSA) is 32.8 Å². The van der Waals surface area contributed by atoms with E-state index in [4.69, 9.17) is 4.74 Å². The Kier molecular flexibility index (Phi) is 5.16. The van der Waals surface area contributed by atoms with Gasteiger partial charge in [-0.1, -0.05) is 12.1 Å². The van der Waals surface area contributed by atoms with Crippen molar-refractivity contribution < 1.29 is 9.53 Å². The second-order valence-corrected chi connectivity index (χ2v) is 4.45. The molecule has 0 aliphatic carbocycles. The van der Waals surface area contributed by atoms with Gasteiger partial charge in [0, 0.05) is 18.3 Å². The number of benzene rings is 1. The summed E-state index contributed by atoms with van der Waals surface area (Å²) in [5, 5.41) is 0. The lowest BCUT2D eigenvalue weighted by Gasteiger charge is -2.23. The zero-order valence-electron chi connectivity index (χ0n) is 11.8. The van der Waals surface area contributed by atoms with Crippen LogP contribution in [-0.4, -0.2) is 38.7 Å². The highest BCUT2D eigenvalue weighted by atomic mass is 16.5. The summed E-state index contributed by atoms with van der Waals surface area (Å²) in [6.07, 6.45) is -0.327. The Hall–Kier alpha value is -1.55. The lowest BCUT2D eigenvalue weighted by atomic mass is 10.1. The molecule has 0 saturated carbocycles. The van der Waals surface area contributed by atoms with Crippen LogP contribution in [0.25, 0.3) is 0 Å². The molecule has 0 aromatic heterocycles. The van der Waals surface area contributed by atoms with Crippen molar-refractivity contribution in [3.8, 4) is 0 Å². The first-order valence-corrected chi connectivity index (χ1v) is 6.13. The number of carbonyl (C=O) groups is 1. The Bertz CT molecular complexity index is 405. The van der Waals surface area contributed by atoms with Crippen molar-refractivity contribution >= 4 is 11.8 Å². The lowest BCUT2D eigenvalue weighted by Crippen LogP contribution is -2.30. The average Bonchev–Trinajstić information content (AvgIpc) is 2.38. The van der Waals surface area contributed by atoms with Gasteiger partial charge in [0.1, 0.15) is 0 Å². The number of carbonyl (C=O) groups excluding carboxylic acids is 1. The summed E-state index contributed by atoms with van der Waals surface area (Å²) in [6.45, 7) is 4.65. The molecule has 1 atom stereocenters. The summed E-state index contributed by atoms with van der Waals surface area (Å²) in [4.78, 5) is 15.4. The molecule has 0 N–H and O–H groups in total. The second kappa shape index (κ2) is 6.40. The normalized spacial score (nSPS) is 12.3. The molecule has 0 bridgehead atoms. The maximum absolute atomic E-state index is 11.7. The molecular weight excluding hydrogens is 228 g/mol. The molecule has 4 nitrogen and oxygen atoms in total. The van der Waals surface area contributed by atoms with E-state index >= 15 is 0 Å². The molecular formula is C14H22N2O2. The number of anilines is 1. The third kappa shape index (κ3) is 3.23. The number of rotatable bonds is 4. The van der Waals surface area contributed by atoms with E-state index in [9.17, 15) is 4.79 Å². The average molecular weight is 250 g/mol. The lowest BCUT2D eigenvalue weighted by molar-refractivity contribution is 0.179. The van der Waals surface area contributed by atoms with Gasteiger partial charge in [0.05, 0.1) is 7.11 Å². The van der Waals surface area contributed by atoms with E-state index in [-0.39, 0.29) is 6.09 Å². The maximum atomic E-state index is 11.7. The fourth-order valence-electron chi connectivity index (χ4n) is 1.78. The quantitative estimate of drug-likeness (QED) is 0.823. The van der Waals surface area contributed by atoms with Crippen molar-refractivity contribution in [2.45, 2.75) is 19.9 Å². The number of ether oxygens (including phenoxy) is 1. The van der Waals surface area contributed by atoms with Crippen LogP contribution in [-0.2, 0) is 4.74 Å². The van der Waals surface area contributed by atoms with E-state index in [0.29, 0.717) is 12.6 Å². The van der Waals surface area contributed by atoms with Gasteiger partial charge in [-0.2, -0.15) is 0 Å². The Morgan fingerprint density at radius 1 is 1.39 bits per heavy atom. The standard InChI is InChI=1S/C14H22N2O2/c1-6-16(14(17)18-5)13-9-7-8-12(10-13)11(2)15(3)4/h7-11H,6H2,1-5H3. The molecule has 0 spiro atoms. The van der Waals surface area contributed by atoms with Crippen molar-refractivity contribution in [3.05, 3.63) is 29.8 Å². The predicted octanol–water partition coefficient (Wildman–Crippen LogP) is 2.90. The van der Waals surface area contributed by atoms with E-state index < -0.39 is 0 Å². The van der Waals surface area contributed by atoms with Gasteiger partial charge in [-0.25, -0.2) is 4.79 Å². The van der Waals surface area contributed by atoms with Gasteiger partial charge >= 0.3 is 6.09 Å². The van der Waals surface area contributed by atoms with Crippen LogP contribution in [0.2, 0.25) is 0 Å². The van der Waals surface area contributed by atoms with Crippen LogP contribution < -0.4 is 4.90 Å². The number of hydrogen-bond acceptors (Lipinski definition) is 3. The van der Waals surface area contributed by atoms with Gasteiger partial charge in [0.2, 0.25) is 0 Å². The zero-order valence-corrected chi connectivity index (χ0v) is 11.8. The molecule has 1 unspecified atom stereocenters. The third-order valence-electron chi connectivity index (χ3n) is 3.15. The summed E-state index contributed by atoms with van der Waals surface area (Å²) in [5.41, 5.74) is 2.05. The van der Waals surface area contributed by atoms with Crippen LogP contribution in [0.3, 0.4) is 0 Å². The highest BCUT2D eigenvalue weighted by Gasteiger charge is 2.15. The van der Waals surface area contributed by atoms with Crippen molar-refractivity contribution in [2.24, 2.45) is 0 Å². The van der Waals surface area contributed by atoms with Crippen LogP contribution >= 0.6 is 0 Å². The number of hydrogen-bond donors (Lipinski definition) is 0. The minimum atomic E-state index is -0.327. The minimum Gasteiger partial charge on any atom is -0.452 e. The van der Waals surface area contributed by atoms with Crippen LogP contribution in [0.4, 0.5) is 10.5 Å². The van der Waals surface area contributed by atoms with E-state index in [1.807, 2.05) is 39.2 Å². The van der Waals surface area contributed by atoms with Gasteiger partial charge in [-0.05, 0) is 45.6 Å². The summed E-state index contributed by atoms with van der Waals surface area (Å²) in [6, 6.07) is 8.30. The van der Waals surface area contributed by atoms with Crippen molar-refractivity contribution in [3.63, 3.8) is 0 Å². The molecule has 4 heteroatoms. The van der Waals surface area contributed by atoms with Crippen LogP contribution in [0.15, 0.2) is 24.3 Å². The Labute approximate surface area is 109 Å². The highest BCUT2D eigenvalue weighted by Crippen LogP contribution is 2.23. The summed E-state index contributed by atoms with van der Waals surface area (Å²) < 4.78 is 4.78. The predicted molar refractivity (Wildman–Crippen MR) is 74.0 cm³/mol. The monoisotopic (exact) mass is 250 g/mol. The maximum Gasteiger partial charge on any atom is 0.413 e. The van der Waals surface area contributed by atoms with E-state index in [1.165, 1.54) is 12.7 Å². The van der Waals surface area contributed by atoms with E-state index in [1.54, 1.807) is 4.90 Å². The molecule has 0 aliphatic rings. The fourth-order valence-corrected chi connectivity index (χ4v) is 1.78. The number of amides is 1. The van der Waals surface area contributed by atoms with Crippen molar-refractivity contribution in [1.82, 2.24) is 4.90 Å². The van der Waals surface area contributed by atoms with E-state index in [2.05, 4.69) is 17.9 Å². The molecule has 1 aromatic rings. The summed E-state index contributed by atoms with van der Waals surface area (Å²) in [5.74, 6) is 0. The largest absolute Gasteiger partial charge is 0.452 e. The molecule has 0 radical (unpaired) electrons. The molecule has 1 rings (SSSR count). The van der Waals surface area contributed by atoms with Crippen LogP contribution in [0.1, 0.15) is 25.5 Å². The number of nitrogens with zero attached hydrogens (tertiary/aromatic N) is 2. The Balaban J connectivity index is 3.03. The Morgan fingerprint density at radius 3 is 2.56 bits per heavy atom. The van der Waals surface area contributed by atoms with Crippen LogP contribution in [0.5, 0.6) is 0 Å². The van der Waals surface area contributed by atoms with Gasteiger partial charge in [-0.3, -0.25) is 4.90 Å². The molecule has 1 amide bonds. The molecule has 100 valence electrons. The zero-order chi connectivity index (χ0) is 13.7. The SMILES string of the molecule is CCN(C(=O)OC)c1cccc(C(C)N(C)C)c1. The molecule has 0 heterocycles. The van der Waals surface area contributed by atoms with Gasteiger partial charge < -0.3 is 9.64 Å². The Morgan fingerprint density at radius 2 is 2.06 bits per heavy atom. The van der Waals surface area contributed by atoms with Gasteiger partial charge in [0.25, 0.3) is 0 Å². The fraction of sp³-hybridized carbons (Fsp3) is 0.500. The first-order valence-electron chi connectivity index (χ1n) is 6.13. The van der Waals surface area contributed by atoms with E-state index in [0.717, 1.165) is 5.69 Å². The molecule has 0 fully saturated rings. The highest BCUT2D eigenvalue weighted by molar-refractivity contribution is 5.87. The second-order valence-electron chi connectivity index (χ2n) is 4.45. The van der Waals surface area contributed by atoms with Gasteiger partial charge in [-0.15, -0.1) is 0 Å². The first-order chi connectivity index (χ1) is 8.51. The summed E-state index contributed by atoms with van der Waals surface area (Å²) >= 11 is 0. The summed E-state index contributed by atoms with van der Waals surface area (Å²) in [7, 11) is 5.47. The third-order valence-corrected chi connectivity index (χ3v) is 3.15. The first kappa shape index (κ1) is 14.5. The van der Waals surface area contributed by atoms with Crippen molar-refractivity contribution in [2.75, 3.05) is 32.6 Å². The molecule has 0 aliphatic heterocycles. The van der Waals surface area contributed by atoms with Gasteiger partial charge in [0.15, 0.2) is 0 Å². The molecule has 1 aromatic carbocycles. The van der Waals surface area contributed by atoms with Crippen molar-refractivity contribution in [1.29, 1.82) is 0 Å². The molecule has 0 saturated heterocycles.